The van der Waals surface area contributed by atoms with Crippen LogP contribution in [-0.2, 0) is 0 Å². The fraction of sp³-hybridized carbons (Fsp3) is 0.920. The van der Waals surface area contributed by atoms with Gasteiger partial charge in [0, 0.05) is 0 Å². The molecule has 1 N–H and O–H groups in total. The Hall–Kier alpha value is -0.340. The highest BCUT2D eigenvalue weighted by Crippen LogP contribution is 2.61. The molecule has 0 spiro atoms. The molecule has 2 bridgehead atoms. The monoisotopic (exact) mass is 373 g/mol. The second-order valence-corrected chi connectivity index (χ2v) is 10.7. The van der Waals surface area contributed by atoms with Crippen molar-refractivity contribution in [3.63, 3.8) is 0 Å². The normalized spacial score (nSPS) is 45.9. The van der Waals surface area contributed by atoms with Crippen molar-refractivity contribution in [3.05, 3.63) is 11.6 Å². The molecule has 2 heteroatoms. The summed E-state index contributed by atoms with van der Waals surface area (Å²) in [4.78, 5) is 2.10. The lowest BCUT2D eigenvalue weighted by Gasteiger charge is -2.43. The van der Waals surface area contributed by atoms with Gasteiger partial charge in [0.1, 0.15) is 6.23 Å². The summed E-state index contributed by atoms with van der Waals surface area (Å²) in [6, 6.07) is 0. The molecule has 4 rings (SSSR count). The van der Waals surface area contributed by atoms with Gasteiger partial charge >= 0.3 is 0 Å². The van der Waals surface area contributed by atoms with Gasteiger partial charge in [0.25, 0.3) is 0 Å². The van der Waals surface area contributed by atoms with E-state index < -0.39 is 0 Å². The van der Waals surface area contributed by atoms with Crippen molar-refractivity contribution in [2.75, 3.05) is 13.6 Å². The Balaban J connectivity index is 1.62. The van der Waals surface area contributed by atoms with Gasteiger partial charge in [-0.15, -0.1) is 0 Å². The van der Waals surface area contributed by atoms with E-state index >= 15 is 0 Å². The highest BCUT2D eigenvalue weighted by Gasteiger charge is 2.54. The largest absolute Gasteiger partial charge is 0.374 e. The molecule has 0 radical (unpaired) electrons. The van der Waals surface area contributed by atoms with E-state index in [1.807, 2.05) is 0 Å². The van der Waals surface area contributed by atoms with Crippen LogP contribution in [-0.4, -0.2) is 29.8 Å². The van der Waals surface area contributed by atoms with Crippen LogP contribution in [0.2, 0.25) is 0 Å². The van der Waals surface area contributed by atoms with Crippen LogP contribution in [0.3, 0.4) is 0 Å². The van der Waals surface area contributed by atoms with Crippen molar-refractivity contribution in [2.45, 2.75) is 84.8 Å². The number of hydrogen-bond acceptors (Lipinski definition) is 2. The second-order valence-electron chi connectivity index (χ2n) is 10.7. The molecule has 9 unspecified atom stereocenters. The van der Waals surface area contributed by atoms with Gasteiger partial charge in [0.05, 0.1) is 0 Å². The molecule has 0 aromatic rings. The van der Waals surface area contributed by atoms with Crippen molar-refractivity contribution in [3.8, 4) is 0 Å². The van der Waals surface area contributed by atoms with Gasteiger partial charge in [0.2, 0.25) is 0 Å². The summed E-state index contributed by atoms with van der Waals surface area (Å²) < 4.78 is 0. The predicted octanol–water partition coefficient (Wildman–Crippen LogP) is 5.72. The molecular formula is C25H43NO. The predicted molar refractivity (Wildman–Crippen MR) is 113 cm³/mol. The minimum Gasteiger partial charge on any atom is -0.374 e. The topological polar surface area (TPSA) is 23.5 Å². The zero-order valence-corrected chi connectivity index (χ0v) is 18.2. The quantitative estimate of drug-likeness (QED) is 0.503. The molecule has 9 atom stereocenters. The molecule has 0 aliphatic heterocycles. The van der Waals surface area contributed by atoms with Crippen LogP contribution in [0, 0.1) is 47.3 Å². The maximum atomic E-state index is 10.8. The number of likely N-dealkylation sites (N-methyl/N-ethyl adjacent to an activating group) is 1. The van der Waals surface area contributed by atoms with Crippen LogP contribution < -0.4 is 0 Å². The molecule has 4 aliphatic carbocycles. The summed E-state index contributed by atoms with van der Waals surface area (Å²) in [5.41, 5.74) is 1.31. The summed E-state index contributed by atoms with van der Waals surface area (Å²) in [5.74, 6) is 7.24. The third-order valence-electron chi connectivity index (χ3n) is 9.22. The molecule has 27 heavy (non-hydrogen) atoms. The third kappa shape index (κ3) is 3.90. The molecule has 0 saturated heterocycles. The molecule has 154 valence electrons. The van der Waals surface area contributed by atoms with E-state index in [2.05, 4.69) is 38.8 Å². The van der Waals surface area contributed by atoms with Crippen LogP contribution in [0.15, 0.2) is 11.6 Å². The first-order chi connectivity index (χ1) is 13.0. The minimum atomic E-state index is -0.371. The summed E-state index contributed by atoms with van der Waals surface area (Å²) in [5, 5.41) is 10.8. The first kappa shape index (κ1) is 20.0. The highest BCUT2D eigenvalue weighted by molar-refractivity contribution is 5.16. The highest BCUT2D eigenvalue weighted by atomic mass is 16.3. The third-order valence-corrected chi connectivity index (χ3v) is 9.22. The van der Waals surface area contributed by atoms with E-state index in [-0.39, 0.29) is 6.23 Å². The van der Waals surface area contributed by atoms with Gasteiger partial charge in [-0.25, -0.2) is 0 Å². The lowest BCUT2D eigenvalue weighted by atomic mass is 9.63. The Kier molecular flexibility index (Phi) is 6.05. The molecule has 3 saturated carbocycles. The van der Waals surface area contributed by atoms with Gasteiger partial charge in [-0.05, 0) is 92.2 Å². The van der Waals surface area contributed by atoms with Crippen LogP contribution in [0.5, 0.6) is 0 Å². The summed E-state index contributed by atoms with van der Waals surface area (Å²) in [6.07, 6.45) is 15.0. The lowest BCUT2D eigenvalue weighted by Crippen LogP contribution is -2.38. The van der Waals surface area contributed by atoms with E-state index in [1.165, 1.54) is 56.9 Å². The van der Waals surface area contributed by atoms with Crippen molar-refractivity contribution < 1.29 is 5.11 Å². The number of nitrogens with zero attached hydrogens (tertiary/aromatic N) is 1. The SMILES string of the molecule is CCN(C)C(O)C1=CC(C2C3CCCCCC(C3)C3CC3C2C)C(C)CC1. The summed E-state index contributed by atoms with van der Waals surface area (Å²) in [6.45, 7) is 8.15. The van der Waals surface area contributed by atoms with E-state index in [0.29, 0.717) is 5.92 Å². The van der Waals surface area contributed by atoms with Crippen molar-refractivity contribution in [2.24, 2.45) is 47.3 Å². The van der Waals surface area contributed by atoms with Crippen LogP contribution in [0.1, 0.15) is 78.6 Å². The molecule has 0 aromatic heterocycles. The Bertz CT molecular complexity index is 542. The fourth-order valence-corrected chi connectivity index (χ4v) is 7.36. The van der Waals surface area contributed by atoms with Gasteiger partial charge < -0.3 is 5.11 Å². The standard InChI is InChI=1S/C25H43NO/c1-5-26(4)25(27)20-12-11-16(2)21(14-20)24-17(3)22-15-23(22)18-9-7-6-8-10-19(24)13-18/h14,16-19,21-25,27H,5-13,15H2,1-4H3. The van der Waals surface area contributed by atoms with Crippen molar-refractivity contribution >= 4 is 0 Å². The Morgan fingerprint density at radius 2 is 1.78 bits per heavy atom. The van der Waals surface area contributed by atoms with Crippen molar-refractivity contribution in [1.82, 2.24) is 4.90 Å². The maximum Gasteiger partial charge on any atom is 0.129 e. The number of rotatable bonds is 4. The smallest absolute Gasteiger partial charge is 0.129 e. The van der Waals surface area contributed by atoms with Crippen molar-refractivity contribution in [1.29, 1.82) is 0 Å². The second kappa shape index (κ2) is 8.19. The number of aliphatic hydroxyl groups excluding tert-OH is 1. The zero-order chi connectivity index (χ0) is 19.1. The van der Waals surface area contributed by atoms with Gasteiger partial charge in [0.15, 0.2) is 0 Å². The average molecular weight is 374 g/mol. The van der Waals surface area contributed by atoms with E-state index in [9.17, 15) is 5.11 Å². The van der Waals surface area contributed by atoms with E-state index in [0.717, 1.165) is 54.4 Å². The molecule has 0 amide bonds. The molecule has 3 fully saturated rings. The molecule has 4 aliphatic rings. The molecule has 2 nitrogen and oxygen atoms in total. The van der Waals surface area contributed by atoms with Crippen LogP contribution >= 0.6 is 0 Å². The Morgan fingerprint density at radius 1 is 1.04 bits per heavy atom. The van der Waals surface area contributed by atoms with Gasteiger partial charge in [-0.1, -0.05) is 59.0 Å². The molecule has 0 aromatic carbocycles. The number of hydrogen-bond donors (Lipinski definition) is 1. The average Bonchev–Trinajstić information content (AvgIpc) is 3.44. The minimum absolute atomic E-state index is 0.371. The van der Waals surface area contributed by atoms with Gasteiger partial charge in [-0.3, -0.25) is 4.90 Å². The number of aliphatic hydroxyl groups is 1. The van der Waals surface area contributed by atoms with E-state index in [1.54, 1.807) is 0 Å². The maximum absolute atomic E-state index is 10.8. The number of allylic oxidation sites excluding steroid dienone is 1. The molecule has 0 heterocycles. The van der Waals surface area contributed by atoms with Crippen LogP contribution in [0.4, 0.5) is 0 Å². The summed E-state index contributed by atoms with van der Waals surface area (Å²) >= 11 is 0. The van der Waals surface area contributed by atoms with E-state index in [4.69, 9.17) is 0 Å². The van der Waals surface area contributed by atoms with Crippen LogP contribution in [0.25, 0.3) is 0 Å². The number of fused-ring (bicyclic) bond motifs is 4. The fourth-order valence-electron chi connectivity index (χ4n) is 7.36. The lowest BCUT2D eigenvalue weighted by molar-refractivity contribution is 0.0450. The Labute approximate surface area is 167 Å². The summed E-state index contributed by atoms with van der Waals surface area (Å²) in [7, 11) is 2.06. The first-order valence-electron chi connectivity index (χ1n) is 12.1. The first-order valence-corrected chi connectivity index (χ1v) is 12.1. The zero-order valence-electron chi connectivity index (χ0n) is 18.2. The Morgan fingerprint density at radius 3 is 2.52 bits per heavy atom. The van der Waals surface area contributed by atoms with Gasteiger partial charge in [-0.2, -0.15) is 0 Å². The molecular weight excluding hydrogens is 330 g/mol.